The lowest BCUT2D eigenvalue weighted by molar-refractivity contribution is -0.116. The number of hydrogen-bond donors (Lipinski definition) is 5. The van der Waals surface area contributed by atoms with Crippen molar-refractivity contribution in [1.82, 2.24) is 41.2 Å². The molecule has 1 aromatic carbocycles. The Hall–Kier alpha value is -5.85. The first-order valence-corrected chi connectivity index (χ1v) is 21.2. The van der Waals surface area contributed by atoms with Crippen LogP contribution in [0.15, 0.2) is 75.2 Å². The topological polar surface area (TPSA) is 211 Å². The number of aromatic nitrogens is 4. The number of furan rings is 1. The van der Waals surface area contributed by atoms with E-state index in [9.17, 15) is 19.2 Å². The van der Waals surface area contributed by atoms with Crippen LogP contribution >= 0.6 is 23.5 Å². The first kappa shape index (κ1) is 40.0. The Morgan fingerprint density at radius 2 is 1.36 bits per heavy atom. The van der Waals surface area contributed by atoms with Crippen molar-refractivity contribution in [3.05, 3.63) is 93.4 Å². The predicted molar refractivity (Wildman–Crippen MR) is 228 cm³/mol. The maximum Gasteiger partial charge on any atom is 0.290 e. The molecule has 18 heteroatoms. The van der Waals surface area contributed by atoms with Gasteiger partial charge in [0.15, 0.2) is 11.6 Å². The SMILES string of the molecule is N=C(NCC1CCN(c2nccc(/C=C3\SC(=O)NC3=O)n2)CC1)c1ccc(-c2cccc(CCNCC3CCN(c4nccc(/C=C5\SC(=O)NC5=O)n4)CC3)c2)o1. The second-order valence-corrected chi connectivity index (χ2v) is 16.7. The average molecular weight is 834 g/mol. The summed E-state index contributed by atoms with van der Waals surface area (Å²) in [4.78, 5) is 69.9. The average Bonchev–Trinajstić information content (AvgIpc) is 3.96. The Balaban J connectivity index is 0.743. The van der Waals surface area contributed by atoms with Crippen LogP contribution in [-0.4, -0.2) is 93.9 Å². The van der Waals surface area contributed by atoms with Crippen LogP contribution in [0.1, 0.15) is 48.4 Å². The Kier molecular flexibility index (Phi) is 12.4. The minimum Gasteiger partial charge on any atom is -0.453 e. The van der Waals surface area contributed by atoms with Gasteiger partial charge in [0, 0.05) is 50.7 Å². The maximum atomic E-state index is 11.9. The number of imide groups is 2. The molecular formula is C41H43N11O5S2. The Bertz CT molecular complexity index is 2310. The highest BCUT2D eigenvalue weighted by molar-refractivity contribution is 8.18. The molecule has 3 aromatic heterocycles. The summed E-state index contributed by atoms with van der Waals surface area (Å²) >= 11 is 1.75. The van der Waals surface area contributed by atoms with E-state index in [1.165, 1.54) is 5.56 Å². The summed E-state index contributed by atoms with van der Waals surface area (Å²) in [6.07, 6.45) is 11.3. The van der Waals surface area contributed by atoms with Crippen molar-refractivity contribution in [3.8, 4) is 11.3 Å². The quantitative estimate of drug-likeness (QED) is 0.0516. The lowest BCUT2D eigenvalue weighted by atomic mass is 9.97. The van der Waals surface area contributed by atoms with Crippen LogP contribution in [0.2, 0.25) is 0 Å². The third kappa shape index (κ3) is 10.2. The van der Waals surface area contributed by atoms with E-state index in [-0.39, 0.29) is 16.3 Å². The first-order chi connectivity index (χ1) is 28.7. The Labute approximate surface area is 349 Å². The van der Waals surface area contributed by atoms with Crippen molar-refractivity contribution in [2.45, 2.75) is 32.1 Å². The molecule has 16 nitrogen and oxygen atoms in total. The summed E-state index contributed by atoms with van der Waals surface area (Å²) in [6.45, 7) is 5.68. The number of rotatable bonds is 13. The van der Waals surface area contributed by atoms with Gasteiger partial charge in [-0.3, -0.25) is 35.2 Å². The summed E-state index contributed by atoms with van der Waals surface area (Å²) in [6, 6.07) is 15.6. The van der Waals surface area contributed by atoms with Crippen LogP contribution in [0.5, 0.6) is 0 Å². The third-order valence-corrected chi connectivity index (χ3v) is 12.2. The van der Waals surface area contributed by atoms with Gasteiger partial charge in [-0.05, 0) is 129 Å². The Morgan fingerprint density at radius 1 is 0.780 bits per heavy atom. The number of amidine groups is 1. The fraction of sp³-hybridized carbons (Fsp3) is 0.341. The van der Waals surface area contributed by atoms with E-state index in [0.29, 0.717) is 57.2 Å². The van der Waals surface area contributed by atoms with Gasteiger partial charge in [0.25, 0.3) is 22.3 Å². The van der Waals surface area contributed by atoms with E-state index in [0.717, 1.165) is 106 Å². The number of carbonyl (C=O) groups excluding carboxylic acids is 4. The number of hydrogen-bond acceptors (Lipinski definition) is 15. The van der Waals surface area contributed by atoms with Crippen LogP contribution in [0, 0.1) is 17.2 Å². The highest BCUT2D eigenvalue weighted by atomic mass is 32.2. The summed E-state index contributed by atoms with van der Waals surface area (Å²) in [5.74, 6) is 2.82. The molecule has 4 fully saturated rings. The standard InChI is InChI=1S/C41H43N11O5S2/c42-35(46-24-27-11-18-52(19-12-27)39-45-15-8-30(48-39)22-34-37(54)50-41(56)59-34)32-5-4-31(57-32)28-3-1-2-25(20-28)6-13-43-23-26-9-16-51(17-10-26)38-44-14-7-29(47-38)21-33-36(53)49-40(55)58-33/h1-5,7-8,14-15,20-22,26-27,43H,6,9-13,16-19,23-24H2,(H2,42,46)(H,49,53,55)(H,50,54,56)/b33-21-,34-22-. The smallest absolute Gasteiger partial charge is 0.290 e. The number of thioether (sulfide) groups is 2. The molecule has 0 atom stereocenters. The predicted octanol–water partition coefficient (Wildman–Crippen LogP) is 5.05. The first-order valence-electron chi connectivity index (χ1n) is 19.6. The molecular weight excluding hydrogens is 791 g/mol. The molecule has 0 radical (unpaired) electrons. The zero-order chi connectivity index (χ0) is 40.7. The van der Waals surface area contributed by atoms with Crippen molar-refractivity contribution >= 4 is 75.7 Å². The molecule has 7 heterocycles. The molecule has 8 rings (SSSR count). The minimum absolute atomic E-state index is 0.257. The number of piperidine rings is 2. The number of benzene rings is 1. The van der Waals surface area contributed by atoms with E-state index < -0.39 is 11.8 Å². The molecule has 304 valence electrons. The summed E-state index contributed by atoms with van der Waals surface area (Å²) in [5, 5.41) is 19.3. The van der Waals surface area contributed by atoms with Gasteiger partial charge in [-0.1, -0.05) is 18.2 Å². The molecule has 4 saturated heterocycles. The lowest BCUT2D eigenvalue weighted by Crippen LogP contribution is -2.39. The number of carbonyl (C=O) groups is 4. The van der Waals surface area contributed by atoms with Crippen LogP contribution in [0.4, 0.5) is 21.5 Å². The molecule has 4 aliphatic rings. The van der Waals surface area contributed by atoms with E-state index in [2.05, 4.69) is 63.1 Å². The van der Waals surface area contributed by atoms with E-state index in [4.69, 9.17) is 9.83 Å². The van der Waals surface area contributed by atoms with Gasteiger partial charge in [-0.25, -0.2) is 19.9 Å². The summed E-state index contributed by atoms with van der Waals surface area (Å²) < 4.78 is 6.14. The monoisotopic (exact) mass is 833 g/mol. The second-order valence-electron chi connectivity index (χ2n) is 14.7. The second kappa shape index (κ2) is 18.4. The third-order valence-electron chi connectivity index (χ3n) is 10.6. The van der Waals surface area contributed by atoms with Gasteiger partial charge in [0.05, 0.1) is 21.2 Å². The fourth-order valence-corrected chi connectivity index (χ4v) is 8.69. The minimum atomic E-state index is -0.411. The molecule has 0 saturated carbocycles. The lowest BCUT2D eigenvalue weighted by Gasteiger charge is -2.32. The van der Waals surface area contributed by atoms with E-state index in [1.54, 1.807) is 36.7 Å². The molecule has 4 aliphatic heterocycles. The van der Waals surface area contributed by atoms with Gasteiger partial charge >= 0.3 is 0 Å². The van der Waals surface area contributed by atoms with Crippen molar-refractivity contribution < 1.29 is 23.6 Å². The highest BCUT2D eigenvalue weighted by Crippen LogP contribution is 2.28. The maximum absolute atomic E-state index is 11.9. The van der Waals surface area contributed by atoms with Crippen molar-refractivity contribution in [1.29, 1.82) is 5.41 Å². The molecule has 0 unspecified atom stereocenters. The molecule has 4 amide bonds. The molecule has 0 aliphatic carbocycles. The molecule has 59 heavy (non-hydrogen) atoms. The number of nitrogens with one attached hydrogen (secondary N) is 5. The molecule has 0 bridgehead atoms. The van der Waals surface area contributed by atoms with Crippen molar-refractivity contribution in [2.75, 3.05) is 55.6 Å². The van der Waals surface area contributed by atoms with Crippen molar-refractivity contribution in [3.63, 3.8) is 0 Å². The number of anilines is 2. The normalized spacial score (nSPS) is 19.2. The van der Waals surface area contributed by atoms with Gasteiger partial charge in [0.1, 0.15) is 5.76 Å². The van der Waals surface area contributed by atoms with E-state index >= 15 is 0 Å². The van der Waals surface area contributed by atoms with Crippen LogP contribution in [0.25, 0.3) is 23.5 Å². The van der Waals surface area contributed by atoms with Gasteiger partial charge in [-0.15, -0.1) is 0 Å². The van der Waals surface area contributed by atoms with Gasteiger partial charge in [-0.2, -0.15) is 0 Å². The van der Waals surface area contributed by atoms with Crippen LogP contribution < -0.4 is 31.1 Å². The zero-order valence-corrected chi connectivity index (χ0v) is 33.7. The van der Waals surface area contributed by atoms with Gasteiger partial charge in [0.2, 0.25) is 11.9 Å². The number of amides is 4. The summed E-state index contributed by atoms with van der Waals surface area (Å²) in [5.41, 5.74) is 3.36. The van der Waals surface area contributed by atoms with Crippen LogP contribution in [0.3, 0.4) is 0 Å². The van der Waals surface area contributed by atoms with Crippen LogP contribution in [-0.2, 0) is 16.0 Å². The van der Waals surface area contributed by atoms with Gasteiger partial charge < -0.3 is 24.9 Å². The molecule has 4 aromatic rings. The number of nitrogens with zero attached hydrogens (tertiary/aromatic N) is 6. The highest BCUT2D eigenvalue weighted by Gasteiger charge is 2.27. The molecule has 0 spiro atoms. The molecule has 5 N–H and O–H groups in total. The Morgan fingerprint density at radius 3 is 1.92 bits per heavy atom. The summed E-state index contributed by atoms with van der Waals surface area (Å²) in [7, 11) is 0. The zero-order valence-electron chi connectivity index (χ0n) is 32.1. The van der Waals surface area contributed by atoms with Crippen molar-refractivity contribution in [2.24, 2.45) is 11.8 Å². The van der Waals surface area contributed by atoms with E-state index in [1.807, 2.05) is 24.3 Å². The largest absolute Gasteiger partial charge is 0.453 e. The fourth-order valence-electron chi connectivity index (χ4n) is 7.35.